The normalized spacial score (nSPS) is 20.4. The molecular weight excluding hydrogens is 276 g/mol. The van der Waals surface area contributed by atoms with Gasteiger partial charge in [0.05, 0.1) is 12.3 Å². The molecule has 0 aromatic carbocycles. The topological polar surface area (TPSA) is 54.2 Å². The van der Waals surface area contributed by atoms with Crippen LogP contribution >= 0.6 is 0 Å². The summed E-state index contributed by atoms with van der Waals surface area (Å²) >= 11 is 0. The number of aromatic nitrogens is 3. The van der Waals surface area contributed by atoms with E-state index in [-0.39, 0.29) is 0 Å². The molecule has 1 saturated heterocycles. The molecule has 0 unspecified atom stereocenters. The number of aliphatic hydroxyl groups excluding tert-OH is 1. The van der Waals surface area contributed by atoms with Gasteiger partial charge in [0.15, 0.2) is 0 Å². The van der Waals surface area contributed by atoms with Gasteiger partial charge in [-0.2, -0.15) is 5.10 Å². The zero-order valence-corrected chi connectivity index (χ0v) is 13.3. The van der Waals surface area contributed by atoms with Gasteiger partial charge in [-0.05, 0) is 43.9 Å². The second-order valence-electron chi connectivity index (χ2n) is 6.34. The first kappa shape index (κ1) is 15.2. The summed E-state index contributed by atoms with van der Waals surface area (Å²) in [7, 11) is 1.88. The van der Waals surface area contributed by atoms with Crippen molar-refractivity contribution in [1.82, 2.24) is 19.7 Å². The molecule has 0 spiro atoms. The van der Waals surface area contributed by atoms with Gasteiger partial charge >= 0.3 is 0 Å². The first-order valence-electron chi connectivity index (χ1n) is 7.93. The highest BCUT2D eigenvalue weighted by molar-refractivity contribution is 5.17. The minimum atomic E-state index is -0.435. The Morgan fingerprint density at radius 1 is 1.36 bits per heavy atom. The second-order valence-corrected chi connectivity index (χ2v) is 6.34. The molecule has 1 aliphatic heterocycles. The van der Waals surface area contributed by atoms with Crippen molar-refractivity contribution in [1.29, 1.82) is 0 Å². The van der Waals surface area contributed by atoms with Crippen LogP contribution in [0.2, 0.25) is 0 Å². The molecule has 5 heteroatoms. The summed E-state index contributed by atoms with van der Waals surface area (Å²) in [6.45, 7) is 4.08. The van der Waals surface area contributed by atoms with E-state index in [0.29, 0.717) is 6.04 Å². The Labute approximate surface area is 131 Å². The number of nitrogens with zero attached hydrogens (tertiary/aromatic N) is 4. The summed E-state index contributed by atoms with van der Waals surface area (Å²) in [6, 6.07) is 2.62. The van der Waals surface area contributed by atoms with E-state index in [1.807, 2.05) is 25.6 Å². The van der Waals surface area contributed by atoms with Gasteiger partial charge in [-0.3, -0.25) is 14.6 Å². The minimum absolute atomic E-state index is 0.427. The molecule has 5 nitrogen and oxygen atoms in total. The molecular formula is C17H24N4O. The summed E-state index contributed by atoms with van der Waals surface area (Å²) in [4.78, 5) is 6.74. The smallest absolute Gasteiger partial charge is 0.0835 e. The molecule has 0 aliphatic carbocycles. The number of aliphatic hydroxyl groups is 1. The van der Waals surface area contributed by atoms with E-state index < -0.39 is 6.10 Å². The van der Waals surface area contributed by atoms with Crippen LogP contribution < -0.4 is 0 Å². The van der Waals surface area contributed by atoms with E-state index in [1.54, 1.807) is 10.9 Å². The van der Waals surface area contributed by atoms with Gasteiger partial charge in [0, 0.05) is 43.8 Å². The zero-order valence-electron chi connectivity index (χ0n) is 13.3. The molecule has 3 rings (SSSR count). The highest BCUT2D eigenvalue weighted by Gasteiger charge is 2.27. The van der Waals surface area contributed by atoms with Crippen LogP contribution in [0.15, 0.2) is 30.9 Å². The Balaban J connectivity index is 1.63. The Morgan fingerprint density at radius 3 is 2.95 bits per heavy atom. The summed E-state index contributed by atoms with van der Waals surface area (Å²) < 4.78 is 1.74. The van der Waals surface area contributed by atoms with Crippen molar-refractivity contribution < 1.29 is 5.11 Å². The van der Waals surface area contributed by atoms with Crippen molar-refractivity contribution in [2.45, 2.75) is 44.9 Å². The first-order valence-corrected chi connectivity index (χ1v) is 7.93. The quantitative estimate of drug-likeness (QED) is 0.920. The lowest BCUT2D eigenvalue weighted by molar-refractivity contribution is 0.118. The molecule has 1 N–H and O–H groups in total. The lowest BCUT2D eigenvalue weighted by Gasteiger charge is -2.26. The summed E-state index contributed by atoms with van der Waals surface area (Å²) in [5, 5.41) is 14.6. The molecule has 0 saturated carbocycles. The van der Waals surface area contributed by atoms with Crippen LogP contribution in [0.1, 0.15) is 42.1 Å². The van der Waals surface area contributed by atoms with Crippen LogP contribution in [0.5, 0.6) is 0 Å². The fourth-order valence-corrected chi connectivity index (χ4v) is 3.31. The molecule has 118 valence electrons. The summed E-state index contributed by atoms with van der Waals surface area (Å²) in [5.74, 6) is 0. The van der Waals surface area contributed by atoms with E-state index in [1.165, 1.54) is 17.5 Å². The first-order chi connectivity index (χ1) is 10.6. The number of likely N-dealkylation sites (tertiary alicyclic amines) is 1. The molecule has 0 bridgehead atoms. The van der Waals surface area contributed by atoms with Gasteiger partial charge in [-0.1, -0.05) is 6.07 Å². The monoisotopic (exact) mass is 300 g/mol. The van der Waals surface area contributed by atoms with Crippen LogP contribution in [0, 0.1) is 6.92 Å². The highest BCUT2D eigenvalue weighted by Crippen LogP contribution is 2.28. The minimum Gasteiger partial charge on any atom is -0.388 e. The van der Waals surface area contributed by atoms with Crippen molar-refractivity contribution in [3.63, 3.8) is 0 Å². The van der Waals surface area contributed by atoms with Gasteiger partial charge in [-0.15, -0.1) is 0 Å². The lowest BCUT2D eigenvalue weighted by atomic mass is 10.0. The molecule has 0 radical (unpaired) electrons. The summed E-state index contributed by atoms with van der Waals surface area (Å²) in [5.41, 5.74) is 3.36. The molecule has 22 heavy (non-hydrogen) atoms. The number of hydrogen-bond acceptors (Lipinski definition) is 4. The van der Waals surface area contributed by atoms with Crippen LogP contribution in [0.25, 0.3) is 0 Å². The zero-order chi connectivity index (χ0) is 15.5. The van der Waals surface area contributed by atoms with E-state index in [2.05, 4.69) is 28.0 Å². The van der Waals surface area contributed by atoms with E-state index in [4.69, 9.17) is 0 Å². The van der Waals surface area contributed by atoms with Crippen molar-refractivity contribution >= 4 is 0 Å². The van der Waals surface area contributed by atoms with Crippen molar-refractivity contribution in [3.8, 4) is 0 Å². The largest absolute Gasteiger partial charge is 0.388 e. The fraction of sp³-hybridized carbons (Fsp3) is 0.529. The molecule has 1 aliphatic rings. The summed E-state index contributed by atoms with van der Waals surface area (Å²) in [6.07, 6.45) is 10.2. The molecule has 2 aromatic rings. The Morgan fingerprint density at radius 2 is 2.23 bits per heavy atom. The maximum Gasteiger partial charge on any atom is 0.0835 e. The van der Waals surface area contributed by atoms with Gasteiger partial charge in [-0.25, -0.2) is 0 Å². The van der Waals surface area contributed by atoms with E-state index in [0.717, 1.165) is 31.5 Å². The van der Waals surface area contributed by atoms with Crippen LogP contribution in [-0.4, -0.2) is 37.4 Å². The molecule has 3 heterocycles. The van der Waals surface area contributed by atoms with Gasteiger partial charge in [0.1, 0.15) is 0 Å². The highest BCUT2D eigenvalue weighted by atomic mass is 16.3. The number of aryl methyl sites for hydroxylation is 2. The van der Waals surface area contributed by atoms with Crippen LogP contribution in [-0.2, 0) is 13.6 Å². The van der Waals surface area contributed by atoms with Gasteiger partial charge in [0.25, 0.3) is 0 Å². The van der Waals surface area contributed by atoms with Crippen LogP contribution in [0.3, 0.4) is 0 Å². The predicted molar refractivity (Wildman–Crippen MR) is 85.2 cm³/mol. The Bertz CT molecular complexity index is 625. The maximum absolute atomic E-state index is 10.4. The third-order valence-corrected chi connectivity index (χ3v) is 4.42. The van der Waals surface area contributed by atoms with E-state index in [9.17, 15) is 5.11 Å². The van der Waals surface area contributed by atoms with Crippen molar-refractivity contribution in [2.75, 3.05) is 6.54 Å². The van der Waals surface area contributed by atoms with Gasteiger partial charge < -0.3 is 5.11 Å². The van der Waals surface area contributed by atoms with E-state index >= 15 is 0 Å². The number of pyridine rings is 1. The predicted octanol–water partition coefficient (Wildman–Crippen LogP) is 2.21. The lowest BCUT2D eigenvalue weighted by Crippen LogP contribution is -2.30. The fourth-order valence-electron chi connectivity index (χ4n) is 3.31. The SMILES string of the molecule is Cc1cncc(CN2CCC[C@@H]2C[C@@H](O)c2cnn(C)c2)c1. The molecule has 1 fully saturated rings. The van der Waals surface area contributed by atoms with Crippen molar-refractivity contribution in [3.05, 3.63) is 47.5 Å². The number of rotatable bonds is 5. The average Bonchev–Trinajstić information content (AvgIpc) is 3.09. The standard InChI is InChI=1S/C17H24N4O/c1-13-6-14(9-18-8-13)11-21-5-3-4-16(21)7-17(22)15-10-19-20(2)12-15/h6,8-10,12,16-17,22H,3-5,7,11H2,1-2H3/t16-,17-/m1/s1. The molecule has 0 amide bonds. The molecule has 2 aromatic heterocycles. The molecule has 2 atom stereocenters. The van der Waals surface area contributed by atoms with Crippen LogP contribution in [0.4, 0.5) is 0 Å². The van der Waals surface area contributed by atoms with Crippen molar-refractivity contribution in [2.24, 2.45) is 7.05 Å². The Kier molecular flexibility index (Phi) is 4.55. The average molecular weight is 300 g/mol. The van der Waals surface area contributed by atoms with Gasteiger partial charge in [0.2, 0.25) is 0 Å². The number of hydrogen-bond donors (Lipinski definition) is 1. The third kappa shape index (κ3) is 3.54. The Hall–Kier alpha value is -1.72. The maximum atomic E-state index is 10.4. The second kappa shape index (κ2) is 6.58. The third-order valence-electron chi connectivity index (χ3n) is 4.42.